The van der Waals surface area contributed by atoms with Gasteiger partial charge in [-0.25, -0.2) is 4.68 Å². The fourth-order valence-corrected chi connectivity index (χ4v) is 4.98. The summed E-state index contributed by atoms with van der Waals surface area (Å²) in [5.74, 6) is 0.434. The standard InChI is InChI=1S/C21H17N3S/c1-3-9-16(10-4-1)18-15-21(18,25-17-11-5-2-6-12-17)24-20-14-8-7-13-19(20)22-23-24/h1-14,18H,15H2. The van der Waals surface area contributed by atoms with E-state index in [0.29, 0.717) is 5.92 Å². The first-order valence-corrected chi connectivity index (χ1v) is 9.28. The van der Waals surface area contributed by atoms with Crippen LogP contribution < -0.4 is 0 Å². The van der Waals surface area contributed by atoms with Crippen molar-refractivity contribution in [2.75, 3.05) is 0 Å². The lowest BCUT2D eigenvalue weighted by molar-refractivity contribution is 0.571. The number of rotatable bonds is 4. The summed E-state index contributed by atoms with van der Waals surface area (Å²) in [5.41, 5.74) is 3.42. The quantitative estimate of drug-likeness (QED) is 0.519. The maximum atomic E-state index is 4.55. The molecule has 0 aliphatic heterocycles. The highest BCUT2D eigenvalue weighted by molar-refractivity contribution is 8.00. The molecule has 0 spiro atoms. The fourth-order valence-electron chi connectivity index (χ4n) is 3.53. The SMILES string of the molecule is c1ccc(SC2(n3nnc4ccccc43)CC2c2ccccc2)cc1. The lowest BCUT2D eigenvalue weighted by Crippen LogP contribution is -2.17. The number of para-hydroxylation sites is 1. The van der Waals surface area contributed by atoms with Gasteiger partial charge in [-0.05, 0) is 36.2 Å². The van der Waals surface area contributed by atoms with Crippen molar-refractivity contribution in [2.24, 2.45) is 0 Å². The monoisotopic (exact) mass is 343 g/mol. The van der Waals surface area contributed by atoms with Gasteiger partial charge in [0.1, 0.15) is 10.4 Å². The van der Waals surface area contributed by atoms with E-state index >= 15 is 0 Å². The van der Waals surface area contributed by atoms with Crippen LogP contribution in [0.4, 0.5) is 0 Å². The van der Waals surface area contributed by atoms with E-state index in [1.165, 1.54) is 10.5 Å². The number of thioether (sulfide) groups is 1. The lowest BCUT2D eigenvalue weighted by Gasteiger charge is -2.18. The van der Waals surface area contributed by atoms with E-state index in [-0.39, 0.29) is 4.87 Å². The Morgan fingerprint density at radius 2 is 1.52 bits per heavy atom. The highest BCUT2D eigenvalue weighted by Crippen LogP contribution is 2.66. The minimum absolute atomic E-state index is 0.112. The molecule has 25 heavy (non-hydrogen) atoms. The number of aromatic nitrogens is 3. The Morgan fingerprint density at radius 3 is 2.32 bits per heavy atom. The van der Waals surface area contributed by atoms with Crippen LogP contribution in [0.3, 0.4) is 0 Å². The van der Waals surface area contributed by atoms with E-state index in [0.717, 1.165) is 17.5 Å². The van der Waals surface area contributed by atoms with Crippen LogP contribution in [0.15, 0.2) is 89.8 Å². The van der Waals surface area contributed by atoms with Gasteiger partial charge in [0.2, 0.25) is 0 Å². The number of hydrogen-bond acceptors (Lipinski definition) is 3. The summed E-state index contributed by atoms with van der Waals surface area (Å²) >= 11 is 1.89. The molecule has 1 aliphatic carbocycles. The largest absolute Gasteiger partial charge is 0.228 e. The van der Waals surface area contributed by atoms with Crippen LogP contribution >= 0.6 is 11.8 Å². The van der Waals surface area contributed by atoms with Gasteiger partial charge in [-0.1, -0.05) is 77.6 Å². The molecule has 1 aliphatic rings. The Hall–Kier alpha value is -2.59. The molecule has 1 heterocycles. The molecule has 1 aromatic heterocycles. The van der Waals surface area contributed by atoms with E-state index in [2.05, 4.69) is 87.8 Å². The molecule has 0 radical (unpaired) electrons. The van der Waals surface area contributed by atoms with Crippen molar-refractivity contribution in [1.29, 1.82) is 0 Å². The third kappa shape index (κ3) is 2.45. The second-order valence-electron chi connectivity index (χ2n) is 6.42. The van der Waals surface area contributed by atoms with Crippen LogP contribution in [0.1, 0.15) is 17.9 Å². The topological polar surface area (TPSA) is 30.7 Å². The van der Waals surface area contributed by atoms with E-state index in [1.54, 1.807) is 0 Å². The molecule has 2 unspecified atom stereocenters. The van der Waals surface area contributed by atoms with Gasteiger partial charge in [0.05, 0.1) is 5.52 Å². The Morgan fingerprint density at radius 1 is 0.840 bits per heavy atom. The van der Waals surface area contributed by atoms with Gasteiger partial charge < -0.3 is 0 Å². The van der Waals surface area contributed by atoms with Crippen LogP contribution in [0.25, 0.3) is 11.0 Å². The van der Waals surface area contributed by atoms with Crippen molar-refractivity contribution in [3.63, 3.8) is 0 Å². The molecule has 4 aromatic rings. The predicted molar refractivity (Wildman–Crippen MR) is 102 cm³/mol. The summed E-state index contributed by atoms with van der Waals surface area (Å²) in [4.78, 5) is 1.15. The summed E-state index contributed by atoms with van der Waals surface area (Å²) in [6.07, 6.45) is 1.06. The zero-order chi connectivity index (χ0) is 16.7. The summed E-state index contributed by atoms with van der Waals surface area (Å²) in [5, 5.41) is 8.94. The van der Waals surface area contributed by atoms with Crippen molar-refractivity contribution in [2.45, 2.75) is 22.1 Å². The molecule has 1 fully saturated rings. The molecular formula is C21H17N3S. The molecule has 3 aromatic carbocycles. The number of fused-ring (bicyclic) bond motifs is 1. The molecular weight excluding hydrogens is 326 g/mol. The first-order valence-electron chi connectivity index (χ1n) is 8.47. The number of nitrogens with zero attached hydrogens (tertiary/aromatic N) is 3. The van der Waals surface area contributed by atoms with Gasteiger partial charge in [0.15, 0.2) is 0 Å². The van der Waals surface area contributed by atoms with Crippen molar-refractivity contribution >= 4 is 22.8 Å². The Labute approximate surface area is 150 Å². The molecule has 0 saturated heterocycles. The van der Waals surface area contributed by atoms with Gasteiger partial charge in [0.25, 0.3) is 0 Å². The van der Waals surface area contributed by atoms with Crippen LogP contribution in [0, 0.1) is 0 Å². The first-order chi connectivity index (χ1) is 12.4. The van der Waals surface area contributed by atoms with Crippen molar-refractivity contribution < 1.29 is 0 Å². The average Bonchev–Trinajstić information content (AvgIpc) is 3.22. The van der Waals surface area contributed by atoms with Crippen LogP contribution in [0.2, 0.25) is 0 Å². The second-order valence-corrected chi connectivity index (χ2v) is 7.80. The molecule has 122 valence electrons. The van der Waals surface area contributed by atoms with Gasteiger partial charge in [-0.15, -0.1) is 5.10 Å². The Balaban J connectivity index is 1.63. The highest BCUT2D eigenvalue weighted by atomic mass is 32.2. The minimum Gasteiger partial charge on any atom is -0.228 e. The smallest absolute Gasteiger partial charge is 0.122 e. The predicted octanol–water partition coefficient (Wildman–Crippen LogP) is 5.06. The van der Waals surface area contributed by atoms with E-state index in [4.69, 9.17) is 0 Å². The van der Waals surface area contributed by atoms with Gasteiger partial charge in [0, 0.05) is 10.8 Å². The summed E-state index contributed by atoms with van der Waals surface area (Å²) in [7, 11) is 0. The summed E-state index contributed by atoms with van der Waals surface area (Å²) < 4.78 is 2.14. The molecule has 3 nitrogen and oxygen atoms in total. The maximum Gasteiger partial charge on any atom is 0.122 e. The number of hydrogen-bond donors (Lipinski definition) is 0. The second kappa shape index (κ2) is 5.74. The fraction of sp³-hybridized carbons (Fsp3) is 0.143. The van der Waals surface area contributed by atoms with E-state index < -0.39 is 0 Å². The summed E-state index contributed by atoms with van der Waals surface area (Å²) in [6, 6.07) is 29.5. The highest BCUT2D eigenvalue weighted by Gasteiger charge is 2.59. The van der Waals surface area contributed by atoms with Gasteiger partial charge in [-0.2, -0.15) is 0 Å². The third-order valence-corrected chi connectivity index (χ3v) is 6.32. The molecule has 1 saturated carbocycles. The van der Waals surface area contributed by atoms with Gasteiger partial charge in [-0.3, -0.25) is 0 Å². The maximum absolute atomic E-state index is 4.55. The van der Waals surface area contributed by atoms with Crippen molar-refractivity contribution in [1.82, 2.24) is 15.0 Å². The van der Waals surface area contributed by atoms with Crippen LogP contribution in [-0.4, -0.2) is 15.0 Å². The van der Waals surface area contributed by atoms with Crippen LogP contribution in [0.5, 0.6) is 0 Å². The molecule has 4 heteroatoms. The zero-order valence-corrected chi connectivity index (χ0v) is 14.4. The molecule has 0 bridgehead atoms. The Kier molecular flexibility index (Phi) is 3.38. The Bertz CT molecular complexity index is 1010. The number of benzene rings is 3. The molecule has 0 N–H and O–H groups in total. The van der Waals surface area contributed by atoms with Crippen LogP contribution in [-0.2, 0) is 4.87 Å². The van der Waals surface area contributed by atoms with Crippen molar-refractivity contribution in [3.05, 3.63) is 90.5 Å². The van der Waals surface area contributed by atoms with E-state index in [9.17, 15) is 0 Å². The van der Waals surface area contributed by atoms with Gasteiger partial charge >= 0.3 is 0 Å². The molecule has 2 atom stereocenters. The average molecular weight is 343 g/mol. The minimum atomic E-state index is -0.112. The molecule has 5 rings (SSSR count). The third-order valence-electron chi connectivity index (χ3n) is 4.83. The lowest BCUT2D eigenvalue weighted by atomic mass is 10.1. The van der Waals surface area contributed by atoms with Crippen molar-refractivity contribution in [3.8, 4) is 0 Å². The molecule has 0 amide bonds. The zero-order valence-electron chi connectivity index (χ0n) is 13.6. The first kappa shape index (κ1) is 14.7. The van der Waals surface area contributed by atoms with E-state index in [1.807, 2.05) is 23.9 Å². The normalized spacial score (nSPS) is 22.2. The summed E-state index contributed by atoms with van der Waals surface area (Å²) in [6.45, 7) is 0.